The van der Waals surface area contributed by atoms with E-state index in [0.29, 0.717) is 0 Å². The molecule has 0 unspecified atom stereocenters. The van der Waals surface area contributed by atoms with Crippen molar-refractivity contribution in [3.05, 3.63) is 60.3 Å². The van der Waals surface area contributed by atoms with Crippen molar-refractivity contribution in [2.75, 3.05) is 13.1 Å². The highest BCUT2D eigenvalue weighted by molar-refractivity contribution is 5.64. The van der Waals surface area contributed by atoms with E-state index in [9.17, 15) is 5.11 Å². The Balaban J connectivity index is 1.71. The van der Waals surface area contributed by atoms with Gasteiger partial charge in [-0.25, -0.2) is 4.52 Å². The maximum Gasteiger partial charge on any atom is 0.0920 e. The fourth-order valence-corrected chi connectivity index (χ4v) is 3.25. The van der Waals surface area contributed by atoms with Gasteiger partial charge in [0.1, 0.15) is 0 Å². The molecule has 0 atom stereocenters. The number of hydrogen-bond donors (Lipinski definition) is 2. The van der Waals surface area contributed by atoms with Gasteiger partial charge in [0, 0.05) is 5.56 Å². The molecule has 3 aromatic rings. The molecule has 4 rings (SSSR count). The lowest BCUT2D eigenvalue weighted by molar-refractivity contribution is 0.00595. The number of piperidine rings is 1. The zero-order chi connectivity index (χ0) is 15.0. The summed E-state index contributed by atoms with van der Waals surface area (Å²) in [7, 11) is 0. The predicted octanol–water partition coefficient (Wildman–Crippen LogP) is 2.57. The first-order chi connectivity index (χ1) is 10.8. The van der Waals surface area contributed by atoms with E-state index in [1.165, 1.54) is 0 Å². The fourth-order valence-electron chi connectivity index (χ4n) is 3.25. The van der Waals surface area contributed by atoms with Crippen LogP contribution >= 0.6 is 0 Å². The Labute approximate surface area is 129 Å². The minimum Gasteiger partial charge on any atom is -0.385 e. The van der Waals surface area contributed by atoms with E-state index in [-0.39, 0.29) is 0 Å². The summed E-state index contributed by atoms with van der Waals surface area (Å²) in [6, 6.07) is 16.4. The fraction of sp³-hybridized carbons (Fsp3) is 0.278. The number of nitrogens with zero attached hydrogens (tertiary/aromatic N) is 2. The number of hydrogen-bond acceptors (Lipinski definition) is 3. The Kier molecular flexibility index (Phi) is 3.21. The maximum atomic E-state index is 10.8. The molecule has 3 heterocycles. The molecule has 1 fully saturated rings. The predicted molar refractivity (Wildman–Crippen MR) is 86.6 cm³/mol. The van der Waals surface area contributed by atoms with Crippen LogP contribution in [-0.2, 0) is 5.60 Å². The Morgan fingerprint density at radius 3 is 2.55 bits per heavy atom. The SMILES string of the molecule is OC1(c2ccc(-c3cccc4ccnn34)cc2)CCNCC1. The number of benzene rings is 1. The first-order valence-electron chi connectivity index (χ1n) is 7.73. The van der Waals surface area contributed by atoms with Crippen molar-refractivity contribution in [2.24, 2.45) is 0 Å². The summed E-state index contributed by atoms with van der Waals surface area (Å²) in [5.41, 5.74) is 3.56. The van der Waals surface area contributed by atoms with E-state index in [2.05, 4.69) is 28.6 Å². The Morgan fingerprint density at radius 2 is 1.77 bits per heavy atom. The Bertz CT molecular complexity index is 785. The van der Waals surface area contributed by atoms with Crippen LogP contribution in [0.5, 0.6) is 0 Å². The van der Waals surface area contributed by atoms with Crippen LogP contribution in [0.3, 0.4) is 0 Å². The third kappa shape index (κ3) is 2.21. The van der Waals surface area contributed by atoms with E-state index in [4.69, 9.17) is 0 Å². The molecule has 1 aliphatic heterocycles. The summed E-state index contributed by atoms with van der Waals surface area (Å²) >= 11 is 0. The van der Waals surface area contributed by atoms with Crippen molar-refractivity contribution >= 4 is 5.52 Å². The molecule has 22 heavy (non-hydrogen) atoms. The normalized spacial score (nSPS) is 17.7. The summed E-state index contributed by atoms with van der Waals surface area (Å²) < 4.78 is 1.94. The van der Waals surface area contributed by atoms with E-state index >= 15 is 0 Å². The largest absolute Gasteiger partial charge is 0.385 e. The minimum absolute atomic E-state index is 0.693. The highest BCUT2D eigenvalue weighted by Gasteiger charge is 2.30. The van der Waals surface area contributed by atoms with Crippen molar-refractivity contribution in [1.82, 2.24) is 14.9 Å². The number of fused-ring (bicyclic) bond motifs is 1. The zero-order valence-electron chi connectivity index (χ0n) is 12.4. The molecule has 1 aliphatic rings. The van der Waals surface area contributed by atoms with E-state index in [0.717, 1.165) is 48.3 Å². The van der Waals surface area contributed by atoms with Gasteiger partial charge < -0.3 is 10.4 Å². The van der Waals surface area contributed by atoms with Gasteiger partial charge in [0.15, 0.2) is 0 Å². The second-order valence-electron chi connectivity index (χ2n) is 5.94. The second kappa shape index (κ2) is 5.23. The van der Waals surface area contributed by atoms with Crippen LogP contribution in [0.4, 0.5) is 0 Å². The van der Waals surface area contributed by atoms with Crippen LogP contribution < -0.4 is 5.32 Å². The Hall–Kier alpha value is -2.17. The Morgan fingerprint density at radius 1 is 1.00 bits per heavy atom. The number of nitrogens with one attached hydrogen (secondary N) is 1. The molecule has 112 valence electrons. The molecule has 0 amide bonds. The minimum atomic E-state index is -0.693. The molecule has 2 N–H and O–H groups in total. The number of aliphatic hydroxyl groups is 1. The molecule has 1 saturated heterocycles. The van der Waals surface area contributed by atoms with Crippen molar-refractivity contribution in [1.29, 1.82) is 0 Å². The van der Waals surface area contributed by atoms with Gasteiger partial charge in [-0.1, -0.05) is 30.3 Å². The summed E-state index contributed by atoms with van der Waals surface area (Å²) in [4.78, 5) is 0. The molecule has 1 aromatic carbocycles. The third-order valence-electron chi connectivity index (χ3n) is 4.57. The van der Waals surface area contributed by atoms with Crippen molar-refractivity contribution < 1.29 is 5.11 Å². The molecule has 0 saturated carbocycles. The first kappa shape index (κ1) is 13.5. The van der Waals surface area contributed by atoms with Gasteiger partial charge in [-0.15, -0.1) is 0 Å². The van der Waals surface area contributed by atoms with Crippen LogP contribution in [0.2, 0.25) is 0 Å². The molecule has 0 aliphatic carbocycles. The van der Waals surface area contributed by atoms with Gasteiger partial charge in [-0.05, 0) is 49.7 Å². The average Bonchev–Trinajstić information content (AvgIpc) is 3.04. The number of aromatic nitrogens is 2. The summed E-state index contributed by atoms with van der Waals surface area (Å²) in [6.45, 7) is 1.73. The lowest BCUT2D eigenvalue weighted by atomic mass is 9.85. The molecule has 4 heteroatoms. The highest BCUT2D eigenvalue weighted by Crippen LogP contribution is 2.32. The van der Waals surface area contributed by atoms with Crippen LogP contribution in [0.15, 0.2) is 54.7 Å². The summed E-state index contributed by atoms with van der Waals surface area (Å²) in [5.74, 6) is 0. The lowest BCUT2D eigenvalue weighted by Gasteiger charge is -2.33. The van der Waals surface area contributed by atoms with Gasteiger partial charge in [-0.3, -0.25) is 0 Å². The average molecular weight is 293 g/mol. The van der Waals surface area contributed by atoms with Crippen LogP contribution in [0.1, 0.15) is 18.4 Å². The standard InChI is InChI=1S/C18H19N3O/c22-18(9-12-19-13-10-18)15-6-4-14(5-7-15)17-3-1-2-16-8-11-20-21(16)17/h1-8,11,19,22H,9-10,12-13H2. The van der Waals surface area contributed by atoms with Crippen molar-refractivity contribution in [3.8, 4) is 11.3 Å². The summed E-state index contributed by atoms with van der Waals surface area (Å²) in [5, 5.41) is 18.5. The van der Waals surface area contributed by atoms with E-state index in [1.54, 1.807) is 0 Å². The van der Waals surface area contributed by atoms with Crippen LogP contribution in [-0.4, -0.2) is 27.8 Å². The van der Waals surface area contributed by atoms with Gasteiger partial charge in [0.2, 0.25) is 0 Å². The molecule has 2 aromatic heterocycles. The van der Waals surface area contributed by atoms with Gasteiger partial charge >= 0.3 is 0 Å². The molecule has 4 nitrogen and oxygen atoms in total. The first-order valence-corrected chi connectivity index (χ1v) is 7.73. The van der Waals surface area contributed by atoms with Crippen molar-refractivity contribution in [2.45, 2.75) is 18.4 Å². The monoisotopic (exact) mass is 293 g/mol. The second-order valence-corrected chi connectivity index (χ2v) is 5.94. The maximum absolute atomic E-state index is 10.8. The van der Waals surface area contributed by atoms with Crippen molar-refractivity contribution in [3.63, 3.8) is 0 Å². The smallest absolute Gasteiger partial charge is 0.0920 e. The van der Waals surface area contributed by atoms with Gasteiger partial charge in [0.25, 0.3) is 0 Å². The van der Waals surface area contributed by atoms with E-state index in [1.807, 2.05) is 41.0 Å². The van der Waals surface area contributed by atoms with E-state index < -0.39 is 5.60 Å². The molecular weight excluding hydrogens is 274 g/mol. The summed E-state index contributed by atoms with van der Waals surface area (Å²) in [6.07, 6.45) is 3.34. The third-order valence-corrected chi connectivity index (χ3v) is 4.57. The van der Waals surface area contributed by atoms with Gasteiger partial charge in [0.05, 0.1) is 23.0 Å². The molecule has 0 radical (unpaired) electrons. The lowest BCUT2D eigenvalue weighted by Crippen LogP contribution is -2.39. The quantitative estimate of drug-likeness (QED) is 0.763. The zero-order valence-corrected chi connectivity index (χ0v) is 12.4. The molecule has 0 spiro atoms. The number of rotatable bonds is 2. The molecule has 0 bridgehead atoms. The van der Waals surface area contributed by atoms with Gasteiger partial charge in [-0.2, -0.15) is 5.10 Å². The highest BCUT2D eigenvalue weighted by atomic mass is 16.3. The topological polar surface area (TPSA) is 49.6 Å². The molecular formula is C18H19N3O. The number of pyridine rings is 1. The van der Waals surface area contributed by atoms with Crippen LogP contribution in [0, 0.1) is 0 Å². The van der Waals surface area contributed by atoms with Crippen LogP contribution in [0.25, 0.3) is 16.8 Å².